The minimum absolute atomic E-state index is 0.159. The Morgan fingerprint density at radius 2 is 1.60 bits per heavy atom. The molecule has 0 radical (unpaired) electrons. The first-order valence-corrected chi connectivity index (χ1v) is 19.0. The molecule has 0 unspecified atom stereocenters. The number of likely N-dealkylation sites (tertiary alicyclic amines) is 2. The molecule has 2 amide bonds. The number of rotatable bonds is 14. The molecule has 0 saturated carbocycles. The number of piperidine rings is 1. The number of allylic oxidation sites excluding steroid dienone is 1. The lowest BCUT2D eigenvalue weighted by molar-refractivity contribution is -0.144. The number of benzene rings is 3. The number of fused-ring (bicyclic) bond motifs is 1. The number of para-hydroxylation sites is 1. The molecule has 3 aromatic rings. The summed E-state index contributed by atoms with van der Waals surface area (Å²) in [6.45, 7) is 8.18. The van der Waals surface area contributed by atoms with E-state index in [9.17, 15) is 24.9 Å². The van der Waals surface area contributed by atoms with Crippen LogP contribution in [0.1, 0.15) is 74.1 Å². The van der Waals surface area contributed by atoms with Gasteiger partial charge in [0.15, 0.2) is 0 Å². The molecule has 3 aliphatic rings. The van der Waals surface area contributed by atoms with Gasteiger partial charge in [-0.2, -0.15) is 0 Å². The average molecular weight is 707 g/mol. The van der Waals surface area contributed by atoms with Crippen LogP contribution < -0.4 is 4.74 Å². The fourth-order valence-corrected chi connectivity index (χ4v) is 8.72. The summed E-state index contributed by atoms with van der Waals surface area (Å²) >= 11 is 0. The number of carbonyl (C=O) groups is 2. The molecule has 276 valence electrons. The number of aromatic hydroxyl groups is 1. The Kier molecular flexibility index (Phi) is 12.3. The largest absolute Gasteiger partial charge is 0.507 e. The van der Waals surface area contributed by atoms with Crippen LogP contribution in [-0.4, -0.2) is 75.4 Å². The fraction of sp³-hybridized carbons (Fsp3) is 0.455. The molecule has 0 spiro atoms. The molecule has 2 saturated heterocycles. The third-order valence-electron chi connectivity index (χ3n) is 11.3. The molecule has 0 aromatic heterocycles. The van der Waals surface area contributed by atoms with Crippen LogP contribution in [0.3, 0.4) is 0 Å². The number of hydrogen-bond donors (Lipinski definition) is 3. The highest BCUT2D eigenvalue weighted by Gasteiger charge is 2.56. The molecule has 8 heteroatoms. The molecule has 1 aliphatic carbocycles. The van der Waals surface area contributed by atoms with E-state index in [1.165, 1.54) is 16.0 Å². The number of nitrogens with zero attached hydrogens (tertiary/aromatic N) is 2. The van der Waals surface area contributed by atoms with Crippen LogP contribution in [0.15, 0.2) is 89.5 Å². The van der Waals surface area contributed by atoms with E-state index < -0.39 is 23.9 Å². The maximum atomic E-state index is 14.3. The average Bonchev–Trinajstić information content (AvgIpc) is 3.40. The predicted molar refractivity (Wildman–Crippen MR) is 203 cm³/mol. The summed E-state index contributed by atoms with van der Waals surface area (Å²) in [7, 11) is 0. The fourth-order valence-electron chi connectivity index (χ4n) is 8.72. The summed E-state index contributed by atoms with van der Waals surface area (Å²) in [5, 5.41) is 33.2. The Labute approximate surface area is 308 Å². The molecule has 3 aromatic carbocycles. The second-order valence-corrected chi connectivity index (χ2v) is 14.9. The molecule has 4 atom stereocenters. The van der Waals surface area contributed by atoms with Crippen molar-refractivity contribution in [1.29, 1.82) is 0 Å². The number of carbonyl (C=O) groups excluding carboxylic acids is 2. The van der Waals surface area contributed by atoms with E-state index in [2.05, 4.69) is 30.0 Å². The maximum absolute atomic E-state index is 14.3. The smallest absolute Gasteiger partial charge is 0.234 e. The van der Waals surface area contributed by atoms with Gasteiger partial charge in [-0.05, 0) is 110 Å². The molecule has 2 heterocycles. The zero-order chi connectivity index (χ0) is 36.8. The second kappa shape index (κ2) is 17.1. The topological polar surface area (TPSA) is 111 Å². The number of aliphatic hydroxyl groups excluding tert-OH is 2. The monoisotopic (exact) mass is 706 g/mol. The standard InChI is InChI=1S/C44H54N2O6/c1-4-11-31(24-33-22-29(2)42(49)30(3)23-33)16-17-39(48)40-34(28-52-36-14-9-6-10-15-36)25-37-41(38(40)27-47)44(51)46(43(37)50)35-18-20-45(21-19-35)26-32-12-7-5-8-13-32/h5-10,12-15,22-24,35,37-39,41,47-49H,4,11,16-21,25-28H2,1-3H3/b31-24+/t37-,38+,39-,41-/m1/s1. The van der Waals surface area contributed by atoms with Crippen LogP contribution >= 0.6 is 0 Å². The van der Waals surface area contributed by atoms with Gasteiger partial charge in [-0.3, -0.25) is 19.4 Å². The number of imide groups is 1. The second-order valence-electron chi connectivity index (χ2n) is 14.9. The van der Waals surface area contributed by atoms with Crippen LogP contribution in [0.5, 0.6) is 11.5 Å². The van der Waals surface area contributed by atoms with Gasteiger partial charge in [0.2, 0.25) is 11.8 Å². The minimum Gasteiger partial charge on any atom is -0.507 e. The lowest BCUT2D eigenvalue weighted by Gasteiger charge is -2.37. The Hall–Kier alpha value is -4.24. The van der Waals surface area contributed by atoms with Crippen molar-refractivity contribution in [3.05, 3.63) is 112 Å². The molecule has 3 N–H and O–H groups in total. The molecule has 52 heavy (non-hydrogen) atoms. The van der Waals surface area contributed by atoms with E-state index in [1.807, 2.05) is 74.5 Å². The van der Waals surface area contributed by atoms with E-state index in [0.717, 1.165) is 54.7 Å². The van der Waals surface area contributed by atoms with Crippen LogP contribution in [0.25, 0.3) is 6.08 Å². The van der Waals surface area contributed by atoms with Gasteiger partial charge in [-0.1, -0.05) is 73.5 Å². The van der Waals surface area contributed by atoms with Crippen molar-refractivity contribution in [1.82, 2.24) is 9.80 Å². The van der Waals surface area contributed by atoms with Crippen molar-refractivity contribution >= 4 is 17.9 Å². The van der Waals surface area contributed by atoms with E-state index in [0.29, 0.717) is 49.2 Å². The SMILES string of the molecule is CCC/C(=C\c1cc(C)c(O)c(C)c1)CC[C@@H](O)C1=C(COc2ccccc2)C[C@H]2C(=O)N(C3CCN(Cc4ccccc4)CC3)C(=O)[C@H]2[C@H]1CO. The van der Waals surface area contributed by atoms with E-state index in [-0.39, 0.29) is 31.1 Å². The Balaban J connectivity index is 1.22. The van der Waals surface area contributed by atoms with Gasteiger partial charge in [-0.25, -0.2) is 0 Å². The number of phenolic OH excluding ortho intramolecular Hbond substituents is 1. The maximum Gasteiger partial charge on any atom is 0.234 e. The third kappa shape index (κ3) is 8.35. The molecule has 2 aliphatic heterocycles. The van der Waals surface area contributed by atoms with E-state index >= 15 is 0 Å². The number of aryl methyl sites for hydroxylation is 2. The summed E-state index contributed by atoms with van der Waals surface area (Å²) in [6.07, 6.45) is 5.80. The van der Waals surface area contributed by atoms with Crippen LogP contribution in [0, 0.1) is 31.6 Å². The summed E-state index contributed by atoms with van der Waals surface area (Å²) in [5.41, 5.74) is 6.52. The molecule has 6 rings (SSSR count). The summed E-state index contributed by atoms with van der Waals surface area (Å²) in [4.78, 5) is 32.4. The van der Waals surface area contributed by atoms with Crippen LogP contribution in [0.2, 0.25) is 0 Å². The van der Waals surface area contributed by atoms with E-state index in [4.69, 9.17) is 4.74 Å². The van der Waals surface area contributed by atoms with Gasteiger partial charge in [0.1, 0.15) is 18.1 Å². The van der Waals surface area contributed by atoms with E-state index in [1.54, 1.807) is 0 Å². The van der Waals surface area contributed by atoms with Crippen molar-refractivity contribution in [2.45, 2.75) is 84.4 Å². The highest BCUT2D eigenvalue weighted by Crippen LogP contribution is 2.47. The van der Waals surface area contributed by atoms with Gasteiger partial charge < -0.3 is 20.1 Å². The summed E-state index contributed by atoms with van der Waals surface area (Å²) < 4.78 is 6.21. The summed E-state index contributed by atoms with van der Waals surface area (Å²) in [5.74, 6) is -1.37. The van der Waals surface area contributed by atoms with Gasteiger partial charge in [0, 0.05) is 31.6 Å². The van der Waals surface area contributed by atoms with Crippen molar-refractivity contribution in [3.63, 3.8) is 0 Å². The first-order chi connectivity index (χ1) is 25.2. The lowest BCUT2D eigenvalue weighted by atomic mass is 9.68. The quantitative estimate of drug-likeness (QED) is 0.123. The lowest BCUT2D eigenvalue weighted by Crippen LogP contribution is -2.47. The third-order valence-corrected chi connectivity index (χ3v) is 11.3. The zero-order valence-corrected chi connectivity index (χ0v) is 30.8. The van der Waals surface area contributed by atoms with Crippen molar-refractivity contribution in [2.75, 3.05) is 26.3 Å². The number of ether oxygens (including phenoxy) is 1. The van der Waals surface area contributed by atoms with Crippen LogP contribution in [-0.2, 0) is 16.1 Å². The predicted octanol–water partition coefficient (Wildman–Crippen LogP) is 6.99. The van der Waals surface area contributed by atoms with Gasteiger partial charge in [0.25, 0.3) is 0 Å². The van der Waals surface area contributed by atoms with Gasteiger partial charge in [-0.15, -0.1) is 0 Å². The first kappa shape index (κ1) is 37.5. The Bertz CT molecular complexity index is 1740. The molecule has 2 fully saturated rings. The highest BCUT2D eigenvalue weighted by atomic mass is 16.5. The Morgan fingerprint density at radius 1 is 0.942 bits per heavy atom. The van der Waals surface area contributed by atoms with Crippen molar-refractivity contribution < 1.29 is 29.6 Å². The molecular weight excluding hydrogens is 652 g/mol. The number of hydrogen-bond acceptors (Lipinski definition) is 7. The number of phenols is 1. The van der Waals surface area contributed by atoms with Crippen molar-refractivity contribution in [2.24, 2.45) is 17.8 Å². The molecule has 8 nitrogen and oxygen atoms in total. The van der Waals surface area contributed by atoms with Crippen LogP contribution in [0.4, 0.5) is 0 Å². The zero-order valence-electron chi connectivity index (χ0n) is 30.8. The van der Waals surface area contributed by atoms with Gasteiger partial charge >= 0.3 is 0 Å². The number of amides is 2. The highest BCUT2D eigenvalue weighted by molar-refractivity contribution is 6.06. The Morgan fingerprint density at radius 3 is 2.23 bits per heavy atom. The molecule has 0 bridgehead atoms. The van der Waals surface area contributed by atoms with Crippen molar-refractivity contribution in [3.8, 4) is 11.5 Å². The molecular formula is C44H54N2O6. The normalized spacial score (nSPS) is 22.2. The number of aliphatic hydroxyl groups is 2. The first-order valence-electron chi connectivity index (χ1n) is 19.0. The minimum atomic E-state index is -0.922. The van der Waals surface area contributed by atoms with Gasteiger partial charge in [0.05, 0.1) is 24.5 Å². The summed E-state index contributed by atoms with van der Waals surface area (Å²) in [6, 6.07) is 23.6.